The summed E-state index contributed by atoms with van der Waals surface area (Å²) >= 11 is 0. The fraction of sp³-hybridized carbons (Fsp3) is 0.440. The number of hydrogen-bond donors (Lipinski definition) is 0. The Kier molecular flexibility index (Phi) is 6.49. The zero-order valence-electron chi connectivity index (χ0n) is 18.6. The first kappa shape index (κ1) is 21.7. The van der Waals surface area contributed by atoms with Crippen LogP contribution in [0.4, 0.5) is 4.39 Å². The summed E-state index contributed by atoms with van der Waals surface area (Å²) in [5, 5.41) is 6.27. The topological polar surface area (TPSA) is 39.1 Å². The van der Waals surface area contributed by atoms with Gasteiger partial charge in [0.1, 0.15) is 5.82 Å². The van der Waals surface area contributed by atoms with Crippen LogP contribution in [0, 0.1) is 19.7 Å². The second kappa shape index (κ2) is 9.28. The van der Waals surface area contributed by atoms with Gasteiger partial charge in [-0.25, -0.2) is 9.40 Å². The largest absolute Gasteiger partial charge is 0.301 e. The van der Waals surface area contributed by atoms with Crippen LogP contribution in [0.25, 0.3) is 0 Å². The van der Waals surface area contributed by atoms with Crippen LogP contribution >= 0.6 is 0 Å². The summed E-state index contributed by atoms with van der Waals surface area (Å²) in [7, 11) is 0. The van der Waals surface area contributed by atoms with Gasteiger partial charge in [0, 0.05) is 43.7 Å². The average Bonchev–Trinajstić information content (AvgIpc) is 3.19. The molecule has 1 fully saturated rings. The van der Waals surface area contributed by atoms with E-state index in [0.29, 0.717) is 18.5 Å². The number of aryl methyl sites for hydroxylation is 2. The standard InChI is InChI=1S/C25H31FN4O/c1-4-28-11-13-29(14-12-28)17-25(31)30-24(21-7-5-6-8-22(21)26)16-23(27-30)20-10-9-18(2)15-19(20)3/h5-10,15,24H,4,11-14,16-17H2,1-3H3. The van der Waals surface area contributed by atoms with Crippen LogP contribution < -0.4 is 0 Å². The molecule has 2 aromatic carbocycles. The maximum absolute atomic E-state index is 14.7. The quantitative estimate of drug-likeness (QED) is 0.737. The molecular weight excluding hydrogens is 391 g/mol. The van der Waals surface area contributed by atoms with E-state index in [2.05, 4.69) is 48.8 Å². The Bertz CT molecular complexity index is 981. The van der Waals surface area contributed by atoms with Crippen LogP contribution in [0.15, 0.2) is 47.6 Å². The van der Waals surface area contributed by atoms with Crippen molar-refractivity contribution in [2.75, 3.05) is 39.3 Å². The van der Waals surface area contributed by atoms with Crippen molar-refractivity contribution >= 4 is 11.6 Å². The number of hydrazone groups is 1. The molecule has 0 saturated carbocycles. The molecule has 0 N–H and O–H groups in total. The van der Waals surface area contributed by atoms with E-state index in [0.717, 1.165) is 49.6 Å². The van der Waals surface area contributed by atoms with Crippen molar-refractivity contribution in [2.45, 2.75) is 33.2 Å². The molecule has 0 spiro atoms. The molecule has 6 heteroatoms. The fourth-order valence-corrected chi connectivity index (χ4v) is 4.56. The van der Waals surface area contributed by atoms with Gasteiger partial charge in [-0.1, -0.05) is 48.9 Å². The first-order valence-corrected chi connectivity index (χ1v) is 11.1. The van der Waals surface area contributed by atoms with E-state index >= 15 is 0 Å². The van der Waals surface area contributed by atoms with Crippen molar-refractivity contribution < 1.29 is 9.18 Å². The number of hydrogen-bond acceptors (Lipinski definition) is 4. The summed E-state index contributed by atoms with van der Waals surface area (Å²) in [5.74, 6) is -0.364. The molecule has 2 aliphatic heterocycles. The minimum absolute atomic E-state index is 0.0713. The monoisotopic (exact) mass is 422 g/mol. The van der Waals surface area contributed by atoms with Crippen molar-refractivity contribution in [3.63, 3.8) is 0 Å². The maximum Gasteiger partial charge on any atom is 0.257 e. The number of carbonyl (C=O) groups is 1. The Balaban J connectivity index is 1.59. The molecule has 0 aliphatic carbocycles. The predicted octanol–water partition coefficient (Wildman–Crippen LogP) is 3.76. The van der Waals surface area contributed by atoms with E-state index in [9.17, 15) is 9.18 Å². The molecule has 2 aromatic rings. The molecule has 1 unspecified atom stereocenters. The summed E-state index contributed by atoms with van der Waals surface area (Å²) in [6.45, 7) is 11.3. The molecule has 0 bridgehead atoms. The van der Waals surface area contributed by atoms with Crippen molar-refractivity contribution in [1.82, 2.24) is 14.8 Å². The van der Waals surface area contributed by atoms with Crippen LogP contribution in [-0.2, 0) is 4.79 Å². The molecule has 0 radical (unpaired) electrons. The van der Waals surface area contributed by atoms with Gasteiger partial charge in [0.2, 0.25) is 0 Å². The number of carbonyl (C=O) groups excluding carboxylic acids is 1. The van der Waals surface area contributed by atoms with E-state index in [-0.39, 0.29) is 11.7 Å². The Hall–Kier alpha value is -2.57. The summed E-state index contributed by atoms with van der Waals surface area (Å²) in [6.07, 6.45) is 0.514. The van der Waals surface area contributed by atoms with Gasteiger partial charge in [-0.2, -0.15) is 5.10 Å². The number of amides is 1. The molecule has 1 amide bonds. The van der Waals surface area contributed by atoms with E-state index in [1.54, 1.807) is 12.1 Å². The average molecular weight is 423 g/mol. The first-order valence-electron chi connectivity index (χ1n) is 11.1. The lowest BCUT2D eigenvalue weighted by Crippen LogP contribution is -2.49. The second-order valence-electron chi connectivity index (χ2n) is 8.56. The molecule has 2 heterocycles. The fourth-order valence-electron chi connectivity index (χ4n) is 4.56. The van der Waals surface area contributed by atoms with Crippen LogP contribution in [0.5, 0.6) is 0 Å². The minimum atomic E-state index is -0.415. The van der Waals surface area contributed by atoms with E-state index < -0.39 is 6.04 Å². The lowest BCUT2D eigenvalue weighted by Gasteiger charge is -2.34. The third kappa shape index (κ3) is 4.70. The van der Waals surface area contributed by atoms with Crippen LogP contribution in [0.3, 0.4) is 0 Å². The van der Waals surface area contributed by atoms with Gasteiger partial charge in [0.25, 0.3) is 5.91 Å². The zero-order chi connectivity index (χ0) is 22.0. The lowest BCUT2D eigenvalue weighted by molar-refractivity contribution is -0.134. The van der Waals surface area contributed by atoms with Gasteiger partial charge in [0.05, 0.1) is 18.3 Å². The molecule has 164 valence electrons. The Morgan fingerprint density at radius 3 is 2.45 bits per heavy atom. The van der Waals surface area contributed by atoms with Gasteiger partial charge in [0.15, 0.2) is 0 Å². The summed E-state index contributed by atoms with van der Waals surface area (Å²) < 4.78 is 14.7. The van der Waals surface area contributed by atoms with Crippen LogP contribution in [0.1, 0.15) is 41.6 Å². The SMILES string of the molecule is CCN1CCN(CC(=O)N2N=C(c3ccc(C)cc3C)CC2c2ccccc2F)CC1. The van der Waals surface area contributed by atoms with Gasteiger partial charge >= 0.3 is 0 Å². The summed E-state index contributed by atoms with van der Waals surface area (Å²) in [4.78, 5) is 17.9. The molecule has 1 atom stereocenters. The number of nitrogens with zero attached hydrogens (tertiary/aromatic N) is 4. The number of halogens is 1. The van der Waals surface area contributed by atoms with Gasteiger partial charge < -0.3 is 4.90 Å². The summed E-state index contributed by atoms with van der Waals surface area (Å²) in [5.41, 5.74) is 4.70. The Labute approximate surface area is 184 Å². The molecular formula is C25H31FN4O. The molecule has 0 aromatic heterocycles. The normalized spacial score (nSPS) is 20.2. The first-order chi connectivity index (χ1) is 15.0. The van der Waals surface area contributed by atoms with Crippen LogP contribution in [-0.4, -0.2) is 65.7 Å². The zero-order valence-corrected chi connectivity index (χ0v) is 18.6. The minimum Gasteiger partial charge on any atom is -0.301 e. The van der Waals surface area contributed by atoms with Crippen molar-refractivity contribution in [3.05, 3.63) is 70.5 Å². The van der Waals surface area contributed by atoms with Crippen molar-refractivity contribution in [1.29, 1.82) is 0 Å². The van der Waals surface area contributed by atoms with Gasteiger partial charge in [-0.3, -0.25) is 9.69 Å². The third-order valence-corrected chi connectivity index (χ3v) is 6.39. The molecule has 2 aliphatic rings. The smallest absolute Gasteiger partial charge is 0.257 e. The number of likely N-dealkylation sites (N-methyl/N-ethyl adjacent to an activating group) is 1. The predicted molar refractivity (Wildman–Crippen MR) is 122 cm³/mol. The Morgan fingerprint density at radius 1 is 1.06 bits per heavy atom. The van der Waals surface area contributed by atoms with E-state index in [1.807, 2.05) is 6.07 Å². The van der Waals surface area contributed by atoms with Crippen molar-refractivity contribution in [3.8, 4) is 0 Å². The van der Waals surface area contributed by atoms with Crippen LogP contribution in [0.2, 0.25) is 0 Å². The number of rotatable bonds is 5. The third-order valence-electron chi connectivity index (χ3n) is 6.39. The van der Waals surface area contributed by atoms with Gasteiger partial charge in [-0.15, -0.1) is 0 Å². The summed E-state index contributed by atoms with van der Waals surface area (Å²) in [6, 6.07) is 12.5. The van der Waals surface area contributed by atoms with Crippen molar-refractivity contribution in [2.24, 2.45) is 5.10 Å². The van der Waals surface area contributed by atoms with Gasteiger partial charge in [-0.05, 0) is 32.0 Å². The van der Waals surface area contributed by atoms with E-state index in [1.165, 1.54) is 16.6 Å². The lowest BCUT2D eigenvalue weighted by atomic mass is 9.95. The molecule has 4 rings (SSSR count). The molecule has 31 heavy (non-hydrogen) atoms. The maximum atomic E-state index is 14.7. The second-order valence-corrected chi connectivity index (χ2v) is 8.56. The molecule has 5 nitrogen and oxygen atoms in total. The highest BCUT2D eigenvalue weighted by Crippen LogP contribution is 2.35. The highest BCUT2D eigenvalue weighted by atomic mass is 19.1. The number of piperazine rings is 1. The number of benzene rings is 2. The highest BCUT2D eigenvalue weighted by molar-refractivity contribution is 6.04. The molecule has 1 saturated heterocycles. The highest BCUT2D eigenvalue weighted by Gasteiger charge is 2.35. The van der Waals surface area contributed by atoms with E-state index in [4.69, 9.17) is 5.10 Å². The Morgan fingerprint density at radius 2 is 1.77 bits per heavy atom.